The Labute approximate surface area is 205 Å². The number of fused-ring (bicyclic) bond motifs is 3. The van der Waals surface area contributed by atoms with Crippen LogP contribution in [0.1, 0.15) is 39.7 Å². The van der Waals surface area contributed by atoms with E-state index in [1.54, 1.807) is 6.92 Å². The van der Waals surface area contributed by atoms with E-state index in [-0.39, 0.29) is 47.2 Å². The molecule has 2 aliphatic carbocycles. The summed E-state index contributed by atoms with van der Waals surface area (Å²) in [6.07, 6.45) is 1.98. The van der Waals surface area contributed by atoms with Crippen LogP contribution in [-0.4, -0.2) is 63.6 Å². The maximum atomic E-state index is 14.0. The molecule has 0 bridgehead atoms. The molecule has 4 fully saturated rings. The van der Waals surface area contributed by atoms with Crippen molar-refractivity contribution in [2.45, 2.75) is 82.2 Å². The summed E-state index contributed by atoms with van der Waals surface area (Å²) in [4.78, 5) is 27.1. The van der Waals surface area contributed by atoms with E-state index in [1.807, 2.05) is 30.4 Å². The standard InChI is InChI=1S/C28H35NO6/c1-14-9-8-12-17-23-27(4,35-23)15(2)19-18(13-16-10-6-5-7-11-16)29-25(32)28(17,19)22(31)20-24(34-20)26(3,33)21(14)30/h5-8,10-12,14-15,17-20,22-24,31,33H,9,13H2,1-4H3,(H,29,32)/t14-,15-,17-,18-,19-,20-,22+,23-,24+,26-,27+,28-/m0/s1. The molecule has 1 saturated carbocycles. The number of allylic oxidation sites excluding steroid dienone is 1. The molecule has 6 rings (SSSR count). The summed E-state index contributed by atoms with van der Waals surface area (Å²) in [5.41, 5.74) is -2.18. The number of aliphatic hydroxyl groups excluding tert-OH is 1. The number of nitrogens with one attached hydrogen (secondary N) is 1. The van der Waals surface area contributed by atoms with Gasteiger partial charge < -0.3 is 25.0 Å². The third kappa shape index (κ3) is 3.05. The molecule has 5 aliphatic rings. The van der Waals surface area contributed by atoms with Gasteiger partial charge in [0.05, 0.1) is 23.2 Å². The van der Waals surface area contributed by atoms with E-state index in [9.17, 15) is 19.8 Å². The lowest BCUT2D eigenvalue weighted by Crippen LogP contribution is -2.61. The van der Waals surface area contributed by atoms with Crippen molar-refractivity contribution in [1.82, 2.24) is 5.32 Å². The van der Waals surface area contributed by atoms with Gasteiger partial charge in [0.15, 0.2) is 5.78 Å². The van der Waals surface area contributed by atoms with Gasteiger partial charge in [0.25, 0.3) is 0 Å². The SMILES string of the molecule is C[C@H]1CC=C[C@H]2[C@@H]3O[C@]3(C)[C@@H](C)[C@H]3[C@H](Cc4ccccc4)NC(=O)[C@]32[C@H](O)[C@@H]2O[C@H]2[C@@](C)(O)C1=O. The van der Waals surface area contributed by atoms with Crippen LogP contribution in [0.3, 0.4) is 0 Å². The van der Waals surface area contributed by atoms with Crippen LogP contribution in [0.2, 0.25) is 0 Å². The Balaban J connectivity index is 1.47. The van der Waals surface area contributed by atoms with Gasteiger partial charge in [-0.15, -0.1) is 0 Å². The first kappa shape index (κ1) is 23.3. The lowest BCUT2D eigenvalue weighted by Gasteiger charge is -2.49. The molecule has 3 heterocycles. The van der Waals surface area contributed by atoms with Crippen LogP contribution in [0.15, 0.2) is 42.5 Å². The fourth-order valence-electron chi connectivity index (χ4n) is 7.74. The molecule has 3 N–H and O–H groups in total. The van der Waals surface area contributed by atoms with Gasteiger partial charge >= 0.3 is 0 Å². The predicted molar refractivity (Wildman–Crippen MR) is 127 cm³/mol. The van der Waals surface area contributed by atoms with Crippen LogP contribution in [-0.2, 0) is 25.5 Å². The Morgan fingerprint density at radius 3 is 2.54 bits per heavy atom. The van der Waals surface area contributed by atoms with Crippen molar-refractivity contribution in [3.8, 4) is 0 Å². The first-order valence-electron chi connectivity index (χ1n) is 12.8. The van der Waals surface area contributed by atoms with E-state index in [2.05, 4.69) is 31.3 Å². The van der Waals surface area contributed by atoms with Gasteiger partial charge in [0.2, 0.25) is 5.91 Å². The lowest BCUT2D eigenvalue weighted by atomic mass is 9.50. The van der Waals surface area contributed by atoms with Crippen molar-refractivity contribution in [3.63, 3.8) is 0 Å². The molecule has 188 valence electrons. The molecule has 0 unspecified atom stereocenters. The number of carbonyl (C=O) groups is 2. The molecular weight excluding hydrogens is 446 g/mol. The minimum atomic E-state index is -1.73. The summed E-state index contributed by atoms with van der Waals surface area (Å²) in [7, 11) is 0. The first-order chi connectivity index (χ1) is 16.5. The highest BCUT2D eigenvalue weighted by Gasteiger charge is 2.80. The molecule has 7 heteroatoms. The highest BCUT2D eigenvalue weighted by molar-refractivity contribution is 5.91. The molecular formula is C28H35NO6. The number of epoxide rings is 2. The second-order valence-corrected chi connectivity index (χ2v) is 11.8. The van der Waals surface area contributed by atoms with Gasteiger partial charge in [-0.05, 0) is 38.2 Å². The molecule has 3 aliphatic heterocycles. The van der Waals surface area contributed by atoms with E-state index in [0.29, 0.717) is 12.8 Å². The second kappa shape index (κ2) is 7.48. The van der Waals surface area contributed by atoms with E-state index in [0.717, 1.165) is 5.56 Å². The summed E-state index contributed by atoms with van der Waals surface area (Å²) in [5.74, 6) is -1.48. The molecule has 7 nitrogen and oxygen atoms in total. The molecule has 0 radical (unpaired) electrons. The third-order valence-electron chi connectivity index (χ3n) is 9.86. The maximum absolute atomic E-state index is 14.0. The predicted octanol–water partition coefficient (Wildman–Crippen LogP) is 1.80. The number of benzene rings is 1. The van der Waals surface area contributed by atoms with Gasteiger partial charge in [0.1, 0.15) is 17.8 Å². The summed E-state index contributed by atoms with van der Waals surface area (Å²) in [6.45, 7) is 7.49. The number of Topliss-reactive ketones (excluding diaryl/α,β-unsaturated/α-hetero) is 1. The lowest BCUT2D eigenvalue weighted by molar-refractivity contribution is -0.148. The summed E-state index contributed by atoms with van der Waals surface area (Å²) in [5, 5.41) is 26.3. The molecule has 1 spiro atoms. The minimum Gasteiger partial charge on any atom is -0.389 e. The topological polar surface area (TPSA) is 112 Å². The Bertz CT molecular complexity index is 1090. The van der Waals surface area contributed by atoms with E-state index >= 15 is 0 Å². The number of aliphatic hydroxyl groups is 2. The van der Waals surface area contributed by atoms with Crippen LogP contribution < -0.4 is 5.32 Å². The maximum Gasteiger partial charge on any atom is 0.230 e. The number of hydrogen-bond acceptors (Lipinski definition) is 6. The molecule has 12 atom stereocenters. The minimum absolute atomic E-state index is 0.00264. The van der Waals surface area contributed by atoms with Crippen molar-refractivity contribution in [3.05, 3.63) is 48.0 Å². The smallest absolute Gasteiger partial charge is 0.230 e. The zero-order valence-corrected chi connectivity index (χ0v) is 20.7. The fraction of sp³-hybridized carbons (Fsp3) is 0.643. The van der Waals surface area contributed by atoms with Gasteiger partial charge in [-0.2, -0.15) is 0 Å². The number of amides is 1. The number of ketones is 1. The van der Waals surface area contributed by atoms with Gasteiger partial charge in [-0.1, -0.05) is 56.3 Å². The Morgan fingerprint density at radius 2 is 1.83 bits per heavy atom. The highest BCUT2D eigenvalue weighted by Crippen LogP contribution is 2.68. The largest absolute Gasteiger partial charge is 0.389 e. The van der Waals surface area contributed by atoms with Crippen molar-refractivity contribution >= 4 is 11.7 Å². The number of carbonyl (C=O) groups excluding carboxylic acids is 2. The van der Waals surface area contributed by atoms with E-state index in [1.165, 1.54) is 6.92 Å². The van der Waals surface area contributed by atoms with Crippen LogP contribution in [0.4, 0.5) is 0 Å². The fourth-order valence-corrected chi connectivity index (χ4v) is 7.74. The van der Waals surface area contributed by atoms with Gasteiger partial charge in [-0.25, -0.2) is 0 Å². The molecule has 0 aromatic heterocycles. The molecule has 1 aromatic carbocycles. The zero-order valence-electron chi connectivity index (χ0n) is 20.7. The summed E-state index contributed by atoms with van der Waals surface area (Å²) >= 11 is 0. The van der Waals surface area contributed by atoms with E-state index < -0.39 is 35.2 Å². The molecule has 35 heavy (non-hydrogen) atoms. The summed E-state index contributed by atoms with van der Waals surface area (Å²) < 4.78 is 12.1. The third-order valence-corrected chi connectivity index (χ3v) is 9.86. The zero-order chi connectivity index (χ0) is 24.9. The number of ether oxygens (including phenoxy) is 2. The Morgan fingerprint density at radius 1 is 1.11 bits per heavy atom. The first-order valence-corrected chi connectivity index (χ1v) is 12.8. The van der Waals surface area contributed by atoms with Crippen LogP contribution in [0, 0.1) is 29.1 Å². The Hall–Kier alpha value is -2.06. The van der Waals surface area contributed by atoms with Crippen molar-refractivity contribution in [1.29, 1.82) is 0 Å². The molecule has 1 aromatic rings. The average Bonchev–Trinajstić information content (AvgIpc) is 3.73. The quantitative estimate of drug-likeness (QED) is 0.439. The number of rotatable bonds is 2. The monoisotopic (exact) mass is 481 g/mol. The summed E-state index contributed by atoms with van der Waals surface area (Å²) in [6, 6.07) is 9.87. The van der Waals surface area contributed by atoms with E-state index in [4.69, 9.17) is 9.47 Å². The van der Waals surface area contributed by atoms with Crippen LogP contribution >= 0.6 is 0 Å². The van der Waals surface area contributed by atoms with Crippen LogP contribution in [0.5, 0.6) is 0 Å². The van der Waals surface area contributed by atoms with Crippen molar-refractivity contribution in [2.24, 2.45) is 29.1 Å². The molecule has 1 amide bonds. The van der Waals surface area contributed by atoms with Gasteiger partial charge in [0, 0.05) is 23.8 Å². The van der Waals surface area contributed by atoms with Crippen molar-refractivity contribution < 1.29 is 29.3 Å². The normalized spacial score (nSPS) is 52.3. The molecule has 3 saturated heterocycles. The Kier molecular flexibility index (Phi) is 4.99. The van der Waals surface area contributed by atoms with Crippen LogP contribution in [0.25, 0.3) is 0 Å². The average molecular weight is 482 g/mol. The number of hydrogen-bond donors (Lipinski definition) is 3. The van der Waals surface area contributed by atoms with Crippen molar-refractivity contribution in [2.75, 3.05) is 0 Å². The van der Waals surface area contributed by atoms with Gasteiger partial charge in [-0.3, -0.25) is 9.59 Å². The second-order valence-electron chi connectivity index (χ2n) is 11.8. The highest BCUT2D eigenvalue weighted by atomic mass is 16.6.